The average Bonchev–Trinajstić information content (AvgIpc) is 2.27. The van der Waals surface area contributed by atoms with E-state index in [4.69, 9.17) is 10.1 Å². The van der Waals surface area contributed by atoms with E-state index in [2.05, 4.69) is 0 Å². The third kappa shape index (κ3) is 2.54. The van der Waals surface area contributed by atoms with Crippen LogP contribution in [0.25, 0.3) is 0 Å². The fraction of sp³-hybridized carbons (Fsp3) is 0.429. The molecule has 1 N–H and O–H groups in total. The zero-order valence-corrected chi connectivity index (χ0v) is 10.0. The lowest BCUT2D eigenvalue weighted by Crippen LogP contribution is -2.22. The van der Waals surface area contributed by atoms with Crippen LogP contribution in [0.3, 0.4) is 0 Å². The van der Waals surface area contributed by atoms with E-state index in [1.165, 1.54) is 6.42 Å². The molecule has 1 aromatic rings. The van der Waals surface area contributed by atoms with Gasteiger partial charge in [0.1, 0.15) is 0 Å². The first-order chi connectivity index (χ1) is 8.22. The summed E-state index contributed by atoms with van der Waals surface area (Å²) in [5.74, 6) is 0.123. The molecule has 1 aliphatic rings. The topological polar surface area (TPSA) is 50.2 Å². The van der Waals surface area contributed by atoms with Crippen molar-refractivity contribution in [2.24, 2.45) is 5.92 Å². The van der Waals surface area contributed by atoms with E-state index in [0.717, 1.165) is 18.4 Å². The Hall–Kier alpha value is -1.64. The van der Waals surface area contributed by atoms with Crippen molar-refractivity contribution < 1.29 is 9.53 Å². The van der Waals surface area contributed by atoms with Gasteiger partial charge in [-0.25, -0.2) is 4.79 Å². The minimum atomic E-state index is -0.297. The van der Waals surface area contributed by atoms with Gasteiger partial charge < -0.3 is 10.1 Å². The number of ether oxygens (including phenoxy) is 1. The monoisotopic (exact) mass is 231 g/mol. The lowest BCUT2D eigenvalue weighted by atomic mass is 9.79. The van der Waals surface area contributed by atoms with Crippen molar-refractivity contribution >= 4 is 11.7 Å². The van der Waals surface area contributed by atoms with E-state index < -0.39 is 0 Å². The van der Waals surface area contributed by atoms with Crippen LogP contribution in [-0.4, -0.2) is 18.3 Å². The third-order valence-electron chi connectivity index (χ3n) is 3.22. The van der Waals surface area contributed by atoms with E-state index in [-0.39, 0.29) is 5.97 Å². The number of hydrogen-bond donors (Lipinski definition) is 1. The highest BCUT2D eigenvalue weighted by Gasteiger charge is 2.23. The average molecular weight is 231 g/mol. The van der Waals surface area contributed by atoms with E-state index >= 15 is 0 Å². The van der Waals surface area contributed by atoms with Gasteiger partial charge in [0.2, 0.25) is 0 Å². The van der Waals surface area contributed by atoms with E-state index in [0.29, 0.717) is 23.8 Å². The second-order valence-electron chi connectivity index (χ2n) is 4.34. The molecule has 1 aliphatic carbocycles. The minimum absolute atomic E-state index is 0.297. The van der Waals surface area contributed by atoms with Gasteiger partial charge in [0.25, 0.3) is 0 Å². The molecule has 2 rings (SSSR count). The van der Waals surface area contributed by atoms with Crippen LogP contribution in [0.15, 0.2) is 24.3 Å². The summed E-state index contributed by atoms with van der Waals surface area (Å²) in [6.07, 6.45) is 3.48. The second kappa shape index (κ2) is 5.13. The molecule has 0 heterocycles. The van der Waals surface area contributed by atoms with E-state index in [1.54, 1.807) is 19.1 Å². The minimum Gasteiger partial charge on any atom is -0.462 e. The number of hydrogen-bond acceptors (Lipinski definition) is 3. The molecule has 0 aliphatic heterocycles. The third-order valence-corrected chi connectivity index (χ3v) is 3.22. The maximum absolute atomic E-state index is 11.5. The molecule has 0 spiro atoms. The van der Waals surface area contributed by atoms with Gasteiger partial charge in [0, 0.05) is 11.6 Å². The molecule has 1 saturated carbocycles. The van der Waals surface area contributed by atoms with Gasteiger partial charge in [-0.2, -0.15) is 0 Å². The van der Waals surface area contributed by atoms with Gasteiger partial charge in [-0.05, 0) is 37.5 Å². The van der Waals surface area contributed by atoms with E-state index in [9.17, 15) is 4.79 Å². The maximum Gasteiger partial charge on any atom is 0.338 e. The van der Waals surface area contributed by atoms with Crippen LogP contribution < -0.4 is 0 Å². The van der Waals surface area contributed by atoms with Crippen LogP contribution in [0.5, 0.6) is 0 Å². The second-order valence-corrected chi connectivity index (χ2v) is 4.34. The summed E-state index contributed by atoms with van der Waals surface area (Å²) in [6.45, 7) is 2.18. The first kappa shape index (κ1) is 11.8. The van der Waals surface area contributed by atoms with Crippen molar-refractivity contribution in [1.82, 2.24) is 0 Å². The fourth-order valence-electron chi connectivity index (χ4n) is 1.93. The van der Waals surface area contributed by atoms with Gasteiger partial charge in [-0.15, -0.1) is 0 Å². The lowest BCUT2D eigenvalue weighted by molar-refractivity contribution is 0.0526. The number of esters is 1. The van der Waals surface area contributed by atoms with Gasteiger partial charge in [-0.1, -0.05) is 18.6 Å². The quantitative estimate of drug-likeness (QED) is 0.639. The zero-order chi connectivity index (χ0) is 12.3. The Labute approximate surface area is 101 Å². The van der Waals surface area contributed by atoms with Crippen LogP contribution in [0.4, 0.5) is 0 Å². The van der Waals surface area contributed by atoms with E-state index in [1.807, 2.05) is 12.1 Å². The number of nitrogens with one attached hydrogen (secondary N) is 1. The smallest absolute Gasteiger partial charge is 0.338 e. The van der Waals surface area contributed by atoms with Gasteiger partial charge in [0.05, 0.1) is 12.2 Å². The normalized spacial score (nSPS) is 15.1. The molecular formula is C14H17NO2. The van der Waals surface area contributed by atoms with Gasteiger partial charge in [-0.3, -0.25) is 0 Å². The number of carbonyl (C=O) groups excluding carboxylic acids is 1. The predicted octanol–water partition coefficient (Wildman–Crippen LogP) is 3.03. The molecular weight excluding hydrogens is 214 g/mol. The fourth-order valence-corrected chi connectivity index (χ4v) is 1.93. The molecule has 0 saturated heterocycles. The van der Waals surface area contributed by atoms with Crippen molar-refractivity contribution in [2.75, 3.05) is 6.61 Å². The first-order valence-corrected chi connectivity index (χ1v) is 6.08. The summed E-state index contributed by atoms with van der Waals surface area (Å²) in [4.78, 5) is 11.5. The highest BCUT2D eigenvalue weighted by atomic mass is 16.5. The first-order valence-electron chi connectivity index (χ1n) is 6.08. The molecule has 90 valence electrons. The molecule has 17 heavy (non-hydrogen) atoms. The van der Waals surface area contributed by atoms with Crippen molar-refractivity contribution in [3.63, 3.8) is 0 Å². The maximum atomic E-state index is 11.5. The molecule has 3 heteroatoms. The summed E-state index contributed by atoms with van der Waals surface area (Å²) in [5.41, 5.74) is 2.17. The Morgan fingerprint density at radius 2 is 1.88 bits per heavy atom. The highest BCUT2D eigenvalue weighted by Crippen LogP contribution is 2.29. The molecule has 0 aromatic heterocycles. The van der Waals surface area contributed by atoms with Crippen molar-refractivity contribution in [2.45, 2.75) is 26.2 Å². The Bertz CT molecular complexity index is 418. The van der Waals surface area contributed by atoms with Crippen LogP contribution in [0.2, 0.25) is 0 Å². The summed E-state index contributed by atoms with van der Waals surface area (Å²) >= 11 is 0. The number of rotatable bonds is 4. The van der Waals surface area contributed by atoms with Crippen molar-refractivity contribution in [3.05, 3.63) is 35.4 Å². The molecule has 0 amide bonds. The Kier molecular flexibility index (Phi) is 3.57. The zero-order valence-electron chi connectivity index (χ0n) is 10.0. The van der Waals surface area contributed by atoms with Crippen molar-refractivity contribution in [1.29, 1.82) is 5.41 Å². The SMILES string of the molecule is CCOC(=O)c1ccc(C(=N)C2CCC2)cc1. The highest BCUT2D eigenvalue weighted by molar-refractivity contribution is 6.01. The standard InChI is InChI=1S/C14H17NO2/c1-2-17-14(16)12-8-6-11(7-9-12)13(15)10-4-3-5-10/h6-10,15H,2-5H2,1H3. The van der Waals surface area contributed by atoms with Crippen LogP contribution in [-0.2, 0) is 4.74 Å². The molecule has 3 nitrogen and oxygen atoms in total. The number of benzene rings is 1. The predicted molar refractivity (Wildman–Crippen MR) is 66.6 cm³/mol. The molecule has 0 bridgehead atoms. The lowest BCUT2D eigenvalue weighted by Gasteiger charge is -2.26. The Balaban J connectivity index is 2.06. The summed E-state index contributed by atoms with van der Waals surface area (Å²) in [6, 6.07) is 7.15. The van der Waals surface area contributed by atoms with Crippen LogP contribution >= 0.6 is 0 Å². The summed E-state index contributed by atoms with van der Waals surface area (Å²) < 4.78 is 4.92. The number of carbonyl (C=O) groups is 1. The largest absolute Gasteiger partial charge is 0.462 e. The molecule has 1 fully saturated rings. The molecule has 0 radical (unpaired) electrons. The molecule has 1 aromatic carbocycles. The summed E-state index contributed by atoms with van der Waals surface area (Å²) in [7, 11) is 0. The van der Waals surface area contributed by atoms with Crippen LogP contribution in [0.1, 0.15) is 42.1 Å². The van der Waals surface area contributed by atoms with Gasteiger partial charge >= 0.3 is 5.97 Å². The molecule has 0 unspecified atom stereocenters. The molecule has 0 atom stereocenters. The van der Waals surface area contributed by atoms with Crippen LogP contribution in [0, 0.1) is 11.3 Å². The Morgan fingerprint density at radius 3 is 2.35 bits per heavy atom. The van der Waals surface area contributed by atoms with Gasteiger partial charge in [0.15, 0.2) is 0 Å². The Morgan fingerprint density at radius 1 is 1.29 bits per heavy atom. The summed E-state index contributed by atoms with van der Waals surface area (Å²) in [5, 5.41) is 8.03. The van der Waals surface area contributed by atoms with Crippen molar-refractivity contribution in [3.8, 4) is 0 Å².